The molecule has 0 aliphatic carbocycles. The Morgan fingerprint density at radius 2 is 1.90 bits per heavy atom. The molecule has 5 nitrogen and oxygen atoms in total. The summed E-state index contributed by atoms with van der Waals surface area (Å²) in [6.07, 6.45) is 1.37. The van der Waals surface area contributed by atoms with Gasteiger partial charge in [0.1, 0.15) is 12.9 Å². The number of ether oxygens (including phenoxy) is 2. The maximum absolute atomic E-state index is 5.95. The molecule has 0 amide bonds. The minimum absolute atomic E-state index is 0.0108. The maximum atomic E-state index is 5.95. The van der Waals surface area contributed by atoms with Crippen LogP contribution in [0.25, 0.3) is 0 Å². The van der Waals surface area contributed by atoms with Crippen molar-refractivity contribution in [1.29, 1.82) is 0 Å². The molecule has 1 aromatic heterocycles. The first kappa shape index (κ1) is 14.6. The molecule has 20 heavy (non-hydrogen) atoms. The van der Waals surface area contributed by atoms with E-state index in [2.05, 4.69) is 25.9 Å². The summed E-state index contributed by atoms with van der Waals surface area (Å²) in [5, 5.41) is 0. The topological polar surface area (TPSA) is 70.3 Å². The Balaban J connectivity index is 2.12. The standard InChI is InChI=1S/C14H16BrN3O2/c1-9(2)20-14-12(16)13(17-8-18-14)19-7-10-5-3-4-6-11(10)15/h3-6,8-9H,7,16H2,1-2H3. The Hall–Kier alpha value is -1.82. The zero-order chi connectivity index (χ0) is 14.5. The third-order valence-corrected chi connectivity index (χ3v) is 3.25. The number of rotatable bonds is 5. The summed E-state index contributed by atoms with van der Waals surface area (Å²) >= 11 is 3.47. The molecule has 0 atom stereocenters. The van der Waals surface area contributed by atoms with Crippen molar-refractivity contribution in [2.24, 2.45) is 0 Å². The van der Waals surface area contributed by atoms with Crippen LogP contribution in [0, 0.1) is 0 Å². The molecule has 0 saturated heterocycles. The van der Waals surface area contributed by atoms with E-state index in [-0.39, 0.29) is 6.10 Å². The van der Waals surface area contributed by atoms with Gasteiger partial charge in [-0.1, -0.05) is 34.1 Å². The highest BCUT2D eigenvalue weighted by Crippen LogP contribution is 2.28. The van der Waals surface area contributed by atoms with Gasteiger partial charge in [0, 0.05) is 10.0 Å². The molecule has 0 saturated carbocycles. The summed E-state index contributed by atoms with van der Waals surface area (Å²) in [5.74, 6) is 0.670. The fraction of sp³-hybridized carbons (Fsp3) is 0.286. The Labute approximate surface area is 126 Å². The van der Waals surface area contributed by atoms with Gasteiger partial charge in [0.15, 0.2) is 5.69 Å². The molecule has 0 unspecified atom stereocenters. The fourth-order valence-corrected chi connectivity index (χ4v) is 1.96. The summed E-state index contributed by atoms with van der Waals surface area (Å²) in [6.45, 7) is 4.18. The summed E-state index contributed by atoms with van der Waals surface area (Å²) in [5.41, 5.74) is 7.27. The van der Waals surface area contributed by atoms with E-state index >= 15 is 0 Å². The Kier molecular flexibility index (Phi) is 4.79. The number of nitrogens with zero attached hydrogens (tertiary/aromatic N) is 2. The van der Waals surface area contributed by atoms with Gasteiger partial charge < -0.3 is 15.2 Å². The lowest BCUT2D eigenvalue weighted by atomic mass is 10.2. The highest BCUT2D eigenvalue weighted by molar-refractivity contribution is 9.10. The third kappa shape index (κ3) is 3.60. The number of aromatic nitrogens is 2. The SMILES string of the molecule is CC(C)Oc1ncnc(OCc2ccccc2Br)c1N. The van der Waals surface area contributed by atoms with Crippen LogP contribution in [-0.2, 0) is 6.61 Å². The molecular formula is C14H16BrN3O2. The molecule has 6 heteroatoms. The minimum Gasteiger partial charge on any atom is -0.473 e. The van der Waals surface area contributed by atoms with E-state index in [0.29, 0.717) is 24.1 Å². The van der Waals surface area contributed by atoms with Gasteiger partial charge >= 0.3 is 0 Å². The minimum atomic E-state index is -0.0108. The van der Waals surface area contributed by atoms with Crippen LogP contribution in [0.2, 0.25) is 0 Å². The van der Waals surface area contributed by atoms with Crippen molar-refractivity contribution in [2.75, 3.05) is 5.73 Å². The lowest BCUT2D eigenvalue weighted by molar-refractivity contribution is 0.230. The highest BCUT2D eigenvalue weighted by Gasteiger charge is 2.12. The van der Waals surface area contributed by atoms with Gasteiger partial charge in [0.25, 0.3) is 0 Å². The van der Waals surface area contributed by atoms with E-state index in [1.807, 2.05) is 38.1 Å². The van der Waals surface area contributed by atoms with Crippen molar-refractivity contribution in [3.63, 3.8) is 0 Å². The van der Waals surface area contributed by atoms with E-state index in [1.54, 1.807) is 0 Å². The molecule has 0 spiro atoms. The maximum Gasteiger partial charge on any atom is 0.244 e. The normalized spacial score (nSPS) is 10.6. The van der Waals surface area contributed by atoms with Crippen LogP contribution < -0.4 is 15.2 Å². The van der Waals surface area contributed by atoms with Gasteiger partial charge in [-0.05, 0) is 19.9 Å². The van der Waals surface area contributed by atoms with Crippen molar-refractivity contribution in [1.82, 2.24) is 9.97 Å². The van der Waals surface area contributed by atoms with Crippen LogP contribution in [0.5, 0.6) is 11.8 Å². The van der Waals surface area contributed by atoms with Crippen molar-refractivity contribution in [3.8, 4) is 11.8 Å². The van der Waals surface area contributed by atoms with Crippen molar-refractivity contribution < 1.29 is 9.47 Å². The second-order valence-electron chi connectivity index (χ2n) is 4.44. The molecule has 106 valence electrons. The predicted molar refractivity (Wildman–Crippen MR) is 80.7 cm³/mol. The average molecular weight is 338 g/mol. The first-order chi connectivity index (χ1) is 9.58. The second-order valence-corrected chi connectivity index (χ2v) is 5.30. The van der Waals surface area contributed by atoms with Crippen molar-refractivity contribution in [3.05, 3.63) is 40.6 Å². The summed E-state index contributed by atoms with van der Waals surface area (Å²) < 4.78 is 12.1. The predicted octanol–water partition coefficient (Wildman–Crippen LogP) is 3.19. The van der Waals surface area contributed by atoms with Crippen molar-refractivity contribution in [2.45, 2.75) is 26.6 Å². The number of nitrogens with two attached hydrogens (primary N) is 1. The smallest absolute Gasteiger partial charge is 0.244 e. The highest BCUT2D eigenvalue weighted by atomic mass is 79.9. The Bertz CT molecular complexity index is 590. The molecular weight excluding hydrogens is 322 g/mol. The van der Waals surface area contributed by atoms with Crippen LogP contribution >= 0.6 is 15.9 Å². The largest absolute Gasteiger partial charge is 0.473 e. The number of hydrogen-bond donors (Lipinski definition) is 1. The van der Waals surface area contributed by atoms with Gasteiger partial charge in [-0.25, -0.2) is 0 Å². The number of benzene rings is 1. The first-order valence-corrected chi connectivity index (χ1v) is 7.00. The lowest BCUT2D eigenvalue weighted by Gasteiger charge is -2.13. The molecule has 1 heterocycles. The molecule has 0 fully saturated rings. The fourth-order valence-electron chi connectivity index (χ4n) is 1.56. The number of halogens is 1. The lowest BCUT2D eigenvalue weighted by Crippen LogP contribution is -2.10. The van der Waals surface area contributed by atoms with E-state index in [0.717, 1.165) is 10.0 Å². The van der Waals surface area contributed by atoms with Gasteiger partial charge in [-0.15, -0.1) is 0 Å². The van der Waals surface area contributed by atoms with Crippen LogP contribution in [-0.4, -0.2) is 16.1 Å². The summed E-state index contributed by atoms with van der Waals surface area (Å²) in [4.78, 5) is 8.04. The molecule has 0 radical (unpaired) electrons. The van der Waals surface area contributed by atoms with Gasteiger partial charge in [0.2, 0.25) is 11.8 Å². The van der Waals surface area contributed by atoms with Gasteiger partial charge in [-0.2, -0.15) is 9.97 Å². The summed E-state index contributed by atoms with van der Waals surface area (Å²) in [7, 11) is 0. The molecule has 2 N–H and O–H groups in total. The zero-order valence-corrected chi connectivity index (χ0v) is 12.9. The Morgan fingerprint density at radius 1 is 1.20 bits per heavy atom. The van der Waals surface area contributed by atoms with E-state index in [1.165, 1.54) is 6.33 Å². The van der Waals surface area contributed by atoms with Crippen LogP contribution in [0.4, 0.5) is 5.69 Å². The van der Waals surface area contributed by atoms with E-state index < -0.39 is 0 Å². The van der Waals surface area contributed by atoms with Crippen LogP contribution in [0.1, 0.15) is 19.4 Å². The first-order valence-electron chi connectivity index (χ1n) is 6.21. The second kappa shape index (κ2) is 6.56. The molecule has 0 bridgehead atoms. The van der Waals surface area contributed by atoms with Crippen LogP contribution in [0.15, 0.2) is 35.1 Å². The molecule has 2 aromatic rings. The third-order valence-electron chi connectivity index (χ3n) is 2.48. The zero-order valence-electron chi connectivity index (χ0n) is 11.3. The van der Waals surface area contributed by atoms with E-state index in [4.69, 9.17) is 15.2 Å². The monoisotopic (exact) mass is 337 g/mol. The van der Waals surface area contributed by atoms with E-state index in [9.17, 15) is 0 Å². The Morgan fingerprint density at radius 3 is 2.60 bits per heavy atom. The molecule has 1 aromatic carbocycles. The molecule has 2 rings (SSSR count). The van der Waals surface area contributed by atoms with Crippen LogP contribution in [0.3, 0.4) is 0 Å². The van der Waals surface area contributed by atoms with Gasteiger partial charge in [0.05, 0.1) is 6.10 Å². The average Bonchev–Trinajstić information content (AvgIpc) is 2.41. The molecule has 0 aliphatic heterocycles. The van der Waals surface area contributed by atoms with Crippen molar-refractivity contribution >= 4 is 21.6 Å². The number of anilines is 1. The number of hydrogen-bond acceptors (Lipinski definition) is 5. The molecule has 0 aliphatic rings. The van der Waals surface area contributed by atoms with Gasteiger partial charge in [-0.3, -0.25) is 0 Å². The quantitative estimate of drug-likeness (QED) is 0.907. The summed E-state index contributed by atoms with van der Waals surface area (Å²) in [6, 6.07) is 7.81. The number of nitrogen functional groups attached to an aromatic ring is 1.